The summed E-state index contributed by atoms with van der Waals surface area (Å²) in [6.45, 7) is 31.1. The number of aromatic nitrogens is 5. The van der Waals surface area contributed by atoms with E-state index in [1.807, 2.05) is 107 Å². The van der Waals surface area contributed by atoms with E-state index in [0.29, 0.717) is 44.6 Å². The maximum absolute atomic E-state index is 12.3. The Bertz CT molecular complexity index is 4480. The van der Waals surface area contributed by atoms with Crippen LogP contribution in [0.3, 0.4) is 0 Å². The molecule has 5 aliphatic heterocycles. The fourth-order valence-electron chi connectivity index (χ4n) is 14.2. The Morgan fingerprint density at radius 1 is 0.470 bits per heavy atom. The standard InChI is InChI=1S/2C19H23BrN2O2.2C14H15BrN2.C11H19NO3.C8H6BrN.2CH4O.CH3O.ClH.Na/c2*1-12-9-13(7-8-22(12)18(23)24-19(2,3)4)15-5-6-17-16(15)10-14(20)11-21-17;2*1-9-6-10(4-5-16-9)12-2-3-14-13(12)7-11(15)8-17-14;1-8-7-9(13)5-6-12(8)10(14)15-11(2,3)4;9-7-4-6-2-1-3-8(6)10-5-7;3*1-2;;/h5,9-12H,6-8H2,1-4H3;5,7,10-12H,6,8-9H2,1-4H3;2,6-9,16H,3-5H2,1H3;2,4,7-9,16H,3,5-6H2,1H3;8H,5-7H2,1-4H3;1-2,4-5H,3H2;2*2H,1H3;1H3;1H;/q;;;;;;;;-1;;+1. The van der Waals surface area contributed by atoms with Crippen LogP contribution in [-0.4, -0.2) is 175 Å². The summed E-state index contributed by atoms with van der Waals surface area (Å²) < 4.78 is 21.4. The monoisotopic (exact) mass is 1920 g/mol. The molecule has 618 valence electrons. The van der Waals surface area contributed by atoms with Crippen molar-refractivity contribution in [2.75, 3.05) is 54.1 Å². The fraction of sp³-hybridized carbons (Fsp3) is 0.466. The number of hydrogen-bond acceptors (Lipinski definition) is 17. The maximum atomic E-state index is 12.3. The molecule has 15 rings (SSSR count). The summed E-state index contributed by atoms with van der Waals surface area (Å²) in [5.74, 6) is 0.224. The number of hydrogen-bond donors (Lipinski definition) is 4. The van der Waals surface area contributed by atoms with Gasteiger partial charge in [-0.1, -0.05) is 60.8 Å². The molecule has 5 unspecified atom stereocenters. The number of nitrogens with zero attached hydrogens (tertiary/aromatic N) is 8. The van der Waals surface area contributed by atoms with Crippen LogP contribution in [0.5, 0.6) is 0 Å². The Morgan fingerprint density at radius 2 is 0.852 bits per heavy atom. The molecule has 5 aromatic rings. The Hall–Kier alpha value is -5.62. The summed E-state index contributed by atoms with van der Waals surface area (Å²) in [5.41, 5.74) is 21.5. The molecule has 5 aromatic heterocycles. The average Bonchev–Trinajstić information content (AvgIpc) is 1.73. The molecule has 5 aliphatic carbocycles. The zero-order chi connectivity index (χ0) is 83.2. The number of likely N-dealkylation sites (tertiary alicyclic amines) is 1. The van der Waals surface area contributed by atoms with Crippen molar-refractivity contribution in [3.63, 3.8) is 0 Å². The predicted molar refractivity (Wildman–Crippen MR) is 476 cm³/mol. The second-order valence-electron chi connectivity index (χ2n) is 31.4. The fourth-order valence-corrected chi connectivity index (χ4v) is 15.9. The minimum Gasteiger partial charge on any atom is -0.857 e. The van der Waals surface area contributed by atoms with Gasteiger partial charge in [0.05, 0.1) is 34.5 Å². The summed E-state index contributed by atoms with van der Waals surface area (Å²) in [5, 5.41) is 29.1. The number of piperidine rings is 1. The van der Waals surface area contributed by atoms with Crippen LogP contribution < -0.4 is 45.3 Å². The Balaban J connectivity index is 0.000000246. The first-order chi connectivity index (χ1) is 53.6. The number of aliphatic hydroxyl groups excluding tert-OH is 2. The molecule has 1 fully saturated rings. The van der Waals surface area contributed by atoms with Crippen LogP contribution >= 0.6 is 92.1 Å². The van der Waals surface area contributed by atoms with Crippen molar-refractivity contribution in [2.45, 2.75) is 215 Å². The van der Waals surface area contributed by atoms with Gasteiger partial charge in [0.15, 0.2) is 0 Å². The quantitative estimate of drug-likeness (QED) is 0.0963. The molecule has 0 spiro atoms. The number of ether oxygens (including phenoxy) is 3. The van der Waals surface area contributed by atoms with Crippen LogP contribution in [0.1, 0.15) is 192 Å². The molecule has 0 bridgehead atoms. The van der Waals surface area contributed by atoms with Gasteiger partial charge in [0.1, 0.15) is 22.6 Å². The third-order valence-electron chi connectivity index (χ3n) is 19.2. The van der Waals surface area contributed by atoms with Gasteiger partial charge < -0.3 is 54.9 Å². The SMILES string of the molecule is Brc1cnc2c(c1)C=CC2.CC1C=C(C2=CCc3ncc(Br)cc32)CCN1.CC1C=C(C2=CCc3ncc(Br)cc32)CCN1C(=O)OC(C)(C)C.CC1CC(=O)CCN1C(=O)OC(C)(C)C.CC1CC(C2=CCc3ncc(Br)cc32)=CCN1.CC1CC(C2=CCc3ncc(Br)cc32)=CCN1C(=O)OC(C)(C)C.CO.CO.C[O-].Cl.[Na+]. The smallest absolute Gasteiger partial charge is 0.857 e. The van der Waals surface area contributed by atoms with Crippen molar-refractivity contribution < 1.29 is 78.3 Å². The van der Waals surface area contributed by atoms with Crippen molar-refractivity contribution >= 4 is 144 Å². The average molecular weight is 1930 g/mol. The third kappa shape index (κ3) is 29.7. The van der Waals surface area contributed by atoms with Crippen LogP contribution in [0.4, 0.5) is 14.4 Å². The summed E-state index contributed by atoms with van der Waals surface area (Å²) in [6, 6.07) is 11.9. The summed E-state index contributed by atoms with van der Waals surface area (Å²) in [7, 11) is 2.75. The molecule has 4 N–H and O–H groups in total. The van der Waals surface area contributed by atoms with Gasteiger partial charge in [-0.25, -0.2) is 14.4 Å². The molecule has 0 saturated carbocycles. The number of carbonyl (C=O) groups excluding carboxylic acids is 4. The molecule has 5 atom stereocenters. The third-order valence-corrected chi connectivity index (χ3v) is 21.4. The van der Waals surface area contributed by atoms with Gasteiger partial charge in [-0.05, 0) is 289 Å². The molecule has 3 amide bonds. The first-order valence-electron chi connectivity index (χ1n) is 38.4. The first-order valence-corrected chi connectivity index (χ1v) is 42.4. The van der Waals surface area contributed by atoms with Crippen molar-refractivity contribution in [1.29, 1.82) is 0 Å². The van der Waals surface area contributed by atoms with E-state index in [2.05, 4.69) is 227 Å². The molecule has 20 nitrogen and oxygen atoms in total. The van der Waals surface area contributed by atoms with Gasteiger partial charge in [0.25, 0.3) is 0 Å². The number of amides is 3. The molecule has 27 heteroatoms. The van der Waals surface area contributed by atoms with Crippen LogP contribution in [-0.2, 0) is 51.1 Å². The van der Waals surface area contributed by atoms with Gasteiger partial charge in [-0.3, -0.25) is 29.7 Å². The zero-order valence-corrected chi connectivity index (χ0v) is 80.5. The van der Waals surface area contributed by atoms with Crippen molar-refractivity contribution in [3.8, 4) is 0 Å². The number of carbonyl (C=O) groups is 4. The number of allylic oxidation sites excluding steroid dienone is 9. The van der Waals surface area contributed by atoms with E-state index in [-0.39, 0.29) is 84.2 Å². The van der Waals surface area contributed by atoms with E-state index >= 15 is 0 Å². The topological polar surface area (TPSA) is 258 Å². The number of aliphatic hydroxyl groups is 2. The van der Waals surface area contributed by atoms with Crippen molar-refractivity contribution in [3.05, 3.63) is 217 Å². The number of fused-ring (bicyclic) bond motifs is 5. The zero-order valence-electron chi connectivity index (χ0n) is 69.8. The van der Waals surface area contributed by atoms with Crippen LogP contribution in [0.15, 0.2) is 161 Å². The van der Waals surface area contributed by atoms with E-state index in [1.165, 1.54) is 89.5 Å². The second-order valence-corrected chi connectivity index (χ2v) is 36.0. The predicted octanol–water partition coefficient (Wildman–Crippen LogP) is 15.7. The van der Waals surface area contributed by atoms with Crippen LogP contribution in [0, 0.1) is 0 Å². The molecule has 115 heavy (non-hydrogen) atoms. The van der Waals surface area contributed by atoms with Crippen molar-refractivity contribution in [2.24, 2.45) is 0 Å². The molecule has 10 aliphatic rings. The number of Topliss-reactive ketones (excluding diaryl/α,β-unsaturated/α-hetero) is 1. The largest absolute Gasteiger partial charge is 1.00 e. The Kier molecular flexibility index (Phi) is 40.7. The van der Waals surface area contributed by atoms with E-state index < -0.39 is 16.8 Å². The van der Waals surface area contributed by atoms with E-state index in [4.69, 9.17) is 29.5 Å². The van der Waals surface area contributed by atoms with E-state index in [9.17, 15) is 19.2 Å². The minimum absolute atomic E-state index is 0. The number of rotatable bonds is 4. The molecule has 0 radical (unpaired) electrons. The Labute approximate surface area is 751 Å². The van der Waals surface area contributed by atoms with Crippen molar-refractivity contribution in [1.82, 2.24) is 50.3 Å². The minimum atomic E-state index is -0.474. The van der Waals surface area contributed by atoms with Gasteiger partial charge in [-0.2, -0.15) is 7.11 Å². The van der Waals surface area contributed by atoms with Gasteiger partial charge >= 0.3 is 47.8 Å². The number of ketones is 1. The first kappa shape index (κ1) is 99.9. The van der Waals surface area contributed by atoms with E-state index in [0.717, 1.165) is 126 Å². The van der Waals surface area contributed by atoms with Crippen LogP contribution in [0.25, 0.3) is 28.4 Å². The van der Waals surface area contributed by atoms with Crippen LogP contribution in [0.2, 0.25) is 0 Å². The molecular formula is C88H113Br5ClN10NaO10. The normalized spacial score (nSPS) is 19.6. The molecule has 0 aromatic carbocycles. The molecule has 1 saturated heterocycles. The summed E-state index contributed by atoms with van der Waals surface area (Å²) >= 11 is 17.4. The summed E-state index contributed by atoms with van der Waals surface area (Å²) in [4.78, 5) is 75.0. The number of nitrogens with one attached hydrogen (secondary N) is 2. The van der Waals surface area contributed by atoms with Gasteiger partial charge in [0.2, 0.25) is 0 Å². The van der Waals surface area contributed by atoms with Gasteiger partial charge in [-0.15, -0.1) is 12.4 Å². The molecular weight excluding hydrogens is 1810 g/mol. The summed E-state index contributed by atoms with van der Waals surface area (Å²) in [6.07, 6.45) is 40.3. The molecule has 10 heterocycles. The van der Waals surface area contributed by atoms with E-state index in [1.54, 1.807) is 14.7 Å². The van der Waals surface area contributed by atoms with Gasteiger partial charge in [0, 0.05) is 185 Å². The second kappa shape index (κ2) is 46.8. The number of pyridine rings is 5. The maximum Gasteiger partial charge on any atom is 1.00 e. The Morgan fingerprint density at radius 3 is 1.26 bits per heavy atom. The number of halogens is 6.